The van der Waals surface area contributed by atoms with Crippen molar-refractivity contribution in [2.75, 3.05) is 13.1 Å². The Bertz CT molecular complexity index is 315. The second kappa shape index (κ2) is 5.62. The normalized spacial score (nSPS) is 24.4. The minimum Gasteiger partial charge on any atom is -0.328 e. The number of hydrogen-bond donors (Lipinski definition) is 1. The molecule has 2 rings (SSSR count). The van der Waals surface area contributed by atoms with Gasteiger partial charge in [0, 0.05) is 30.6 Å². The molecule has 0 aliphatic heterocycles. The average Bonchev–Trinajstić information content (AvgIpc) is 2.68. The van der Waals surface area contributed by atoms with Gasteiger partial charge in [-0.2, -0.15) is 0 Å². The quantitative estimate of drug-likeness (QED) is 0.769. The van der Waals surface area contributed by atoms with E-state index in [1.54, 1.807) is 0 Å². The summed E-state index contributed by atoms with van der Waals surface area (Å²) in [5, 5.41) is 2.14. The summed E-state index contributed by atoms with van der Waals surface area (Å²) in [5.74, 6) is 0.801. The Morgan fingerprint density at radius 3 is 2.94 bits per heavy atom. The zero-order chi connectivity index (χ0) is 11.4. The summed E-state index contributed by atoms with van der Waals surface area (Å²) < 4.78 is 0. The Kier molecular flexibility index (Phi) is 4.16. The Balaban J connectivity index is 1.82. The van der Waals surface area contributed by atoms with Crippen LogP contribution >= 0.6 is 11.3 Å². The van der Waals surface area contributed by atoms with E-state index in [1.165, 1.54) is 17.7 Å². The van der Waals surface area contributed by atoms with E-state index in [2.05, 4.69) is 29.0 Å². The van der Waals surface area contributed by atoms with E-state index in [4.69, 9.17) is 5.73 Å². The average molecular weight is 236 g/mol. The largest absolute Gasteiger partial charge is 0.328 e. The van der Waals surface area contributed by atoms with Crippen molar-refractivity contribution < 1.29 is 0 Å². The number of thiophene rings is 1. The summed E-state index contributed by atoms with van der Waals surface area (Å²) in [6.45, 7) is 7.02. The summed E-state index contributed by atoms with van der Waals surface area (Å²) in [6, 6.07) is 4.77. The molecule has 1 aliphatic carbocycles. The molecular formula is C13H20N2S. The Morgan fingerprint density at radius 1 is 1.56 bits per heavy atom. The lowest BCUT2D eigenvalue weighted by molar-refractivity contribution is 0.167. The minimum atomic E-state index is 0.456. The van der Waals surface area contributed by atoms with E-state index in [0.29, 0.717) is 6.04 Å². The van der Waals surface area contributed by atoms with E-state index in [-0.39, 0.29) is 0 Å². The first-order valence-electron chi connectivity index (χ1n) is 5.89. The van der Waals surface area contributed by atoms with Crippen LogP contribution in [0.3, 0.4) is 0 Å². The summed E-state index contributed by atoms with van der Waals surface area (Å²) in [5.41, 5.74) is 5.82. The molecule has 2 nitrogen and oxygen atoms in total. The maximum Gasteiger partial charge on any atom is 0.0331 e. The lowest BCUT2D eigenvalue weighted by Crippen LogP contribution is -2.42. The number of nitrogens with two attached hydrogens (primary N) is 1. The van der Waals surface area contributed by atoms with Crippen LogP contribution in [-0.4, -0.2) is 24.0 Å². The summed E-state index contributed by atoms with van der Waals surface area (Å²) >= 11 is 1.83. The molecule has 1 aromatic heterocycles. The topological polar surface area (TPSA) is 29.3 Å². The van der Waals surface area contributed by atoms with E-state index in [1.807, 2.05) is 17.4 Å². The van der Waals surface area contributed by atoms with Crippen molar-refractivity contribution in [1.82, 2.24) is 4.90 Å². The molecule has 0 amide bonds. The van der Waals surface area contributed by atoms with Crippen molar-refractivity contribution in [1.29, 1.82) is 0 Å². The predicted molar refractivity (Wildman–Crippen MR) is 70.5 cm³/mol. The van der Waals surface area contributed by atoms with Gasteiger partial charge in [0.1, 0.15) is 0 Å². The minimum absolute atomic E-state index is 0.456. The molecule has 1 saturated carbocycles. The van der Waals surface area contributed by atoms with Gasteiger partial charge in [-0.05, 0) is 30.2 Å². The smallest absolute Gasteiger partial charge is 0.0331 e. The van der Waals surface area contributed by atoms with Crippen molar-refractivity contribution >= 4 is 11.3 Å². The van der Waals surface area contributed by atoms with Gasteiger partial charge >= 0.3 is 0 Å². The first-order chi connectivity index (χ1) is 7.78. The van der Waals surface area contributed by atoms with Crippen molar-refractivity contribution in [3.05, 3.63) is 35.0 Å². The number of rotatable bonds is 6. The molecule has 0 unspecified atom stereocenters. The maximum absolute atomic E-state index is 5.82. The molecule has 1 aromatic rings. The molecule has 1 fully saturated rings. The fraction of sp³-hybridized carbons (Fsp3) is 0.538. The fourth-order valence-electron chi connectivity index (χ4n) is 2.31. The molecule has 0 radical (unpaired) electrons. The van der Waals surface area contributed by atoms with Crippen LogP contribution in [0.4, 0.5) is 0 Å². The number of nitrogens with zero attached hydrogens (tertiary/aromatic N) is 1. The van der Waals surface area contributed by atoms with Crippen molar-refractivity contribution in [3.8, 4) is 0 Å². The molecule has 0 saturated heterocycles. The van der Waals surface area contributed by atoms with Gasteiger partial charge in [-0.3, -0.25) is 4.90 Å². The van der Waals surface area contributed by atoms with Gasteiger partial charge in [0.15, 0.2) is 0 Å². The van der Waals surface area contributed by atoms with Gasteiger partial charge in [-0.1, -0.05) is 12.1 Å². The van der Waals surface area contributed by atoms with Crippen LogP contribution in [0, 0.1) is 5.92 Å². The van der Waals surface area contributed by atoms with Crippen molar-refractivity contribution in [2.24, 2.45) is 11.7 Å². The van der Waals surface area contributed by atoms with Crippen LogP contribution in [-0.2, 0) is 6.54 Å². The lowest BCUT2D eigenvalue weighted by atomic mass is 9.80. The summed E-state index contributed by atoms with van der Waals surface area (Å²) in [7, 11) is 0. The molecule has 0 atom stereocenters. The summed E-state index contributed by atoms with van der Waals surface area (Å²) in [4.78, 5) is 3.90. The van der Waals surface area contributed by atoms with Crippen LogP contribution in [0.2, 0.25) is 0 Å². The van der Waals surface area contributed by atoms with Gasteiger partial charge < -0.3 is 5.73 Å². The highest BCUT2D eigenvalue weighted by molar-refractivity contribution is 7.09. The van der Waals surface area contributed by atoms with Crippen LogP contribution in [0.1, 0.15) is 17.7 Å². The molecular weight excluding hydrogens is 216 g/mol. The van der Waals surface area contributed by atoms with Crippen molar-refractivity contribution in [2.45, 2.75) is 25.4 Å². The van der Waals surface area contributed by atoms with Crippen LogP contribution < -0.4 is 5.73 Å². The molecule has 0 spiro atoms. The van der Waals surface area contributed by atoms with E-state index < -0.39 is 0 Å². The third kappa shape index (κ3) is 3.17. The zero-order valence-electron chi connectivity index (χ0n) is 9.64. The fourth-order valence-corrected chi connectivity index (χ4v) is 3.06. The zero-order valence-corrected chi connectivity index (χ0v) is 10.5. The highest BCUT2D eigenvalue weighted by Gasteiger charge is 2.27. The third-order valence-electron chi connectivity index (χ3n) is 3.14. The molecule has 0 bridgehead atoms. The van der Waals surface area contributed by atoms with Gasteiger partial charge in [-0.25, -0.2) is 0 Å². The van der Waals surface area contributed by atoms with E-state index in [0.717, 1.165) is 25.6 Å². The molecule has 1 aliphatic rings. The standard InChI is InChI=1S/C13H20N2S/c1-2-5-15(9-11-7-12(14)8-11)10-13-4-3-6-16-13/h2-4,6,11-12H,1,5,7-10,14H2. The molecule has 2 N–H and O–H groups in total. The van der Waals surface area contributed by atoms with Gasteiger partial charge in [0.2, 0.25) is 0 Å². The van der Waals surface area contributed by atoms with E-state index in [9.17, 15) is 0 Å². The third-order valence-corrected chi connectivity index (χ3v) is 4.00. The van der Waals surface area contributed by atoms with Crippen molar-refractivity contribution in [3.63, 3.8) is 0 Å². The van der Waals surface area contributed by atoms with Gasteiger partial charge in [-0.15, -0.1) is 17.9 Å². The molecule has 88 valence electrons. The molecule has 1 heterocycles. The van der Waals surface area contributed by atoms with Crippen LogP contribution in [0.15, 0.2) is 30.2 Å². The van der Waals surface area contributed by atoms with E-state index >= 15 is 0 Å². The predicted octanol–water partition coefficient (Wildman–Crippen LogP) is 2.47. The maximum atomic E-state index is 5.82. The Morgan fingerprint density at radius 2 is 2.38 bits per heavy atom. The number of hydrogen-bond acceptors (Lipinski definition) is 3. The first kappa shape index (κ1) is 11.8. The Hall–Kier alpha value is -0.640. The summed E-state index contributed by atoms with van der Waals surface area (Å²) in [6.07, 6.45) is 4.38. The lowest BCUT2D eigenvalue weighted by Gasteiger charge is -2.36. The monoisotopic (exact) mass is 236 g/mol. The van der Waals surface area contributed by atoms with Gasteiger partial charge in [0.25, 0.3) is 0 Å². The van der Waals surface area contributed by atoms with Gasteiger partial charge in [0.05, 0.1) is 0 Å². The highest BCUT2D eigenvalue weighted by Crippen LogP contribution is 2.27. The van der Waals surface area contributed by atoms with Crippen LogP contribution in [0.5, 0.6) is 0 Å². The first-order valence-corrected chi connectivity index (χ1v) is 6.77. The second-order valence-corrected chi connectivity index (χ2v) is 5.69. The molecule has 0 aromatic carbocycles. The molecule has 16 heavy (non-hydrogen) atoms. The van der Waals surface area contributed by atoms with Crippen LogP contribution in [0.25, 0.3) is 0 Å². The Labute approximate surface area is 102 Å². The SMILES string of the molecule is C=CCN(Cc1cccs1)CC1CC(N)C1. The highest BCUT2D eigenvalue weighted by atomic mass is 32.1. The second-order valence-electron chi connectivity index (χ2n) is 4.66. The molecule has 3 heteroatoms.